The van der Waals surface area contributed by atoms with E-state index in [2.05, 4.69) is 25.3 Å². The molecule has 1 amide bonds. The van der Waals surface area contributed by atoms with Crippen molar-refractivity contribution in [1.29, 1.82) is 0 Å². The maximum atomic E-state index is 13.2. The Labute approximate surface area is 160 Å². The van der Waals surface area contributed by atoms with Crippen molar-refractivity contribution in [2.45, 2.75) is 65.5 Å². The van der Waals surface area contributed by atoms with E-state index in [1.165, 1.54) is 0 Å². The van der Waals surface area contributed by atoms with Crippen LogP contribution in [0, 0.1) is 27.7 Å². The number of hydrogen-bond donors (Lipinski definition) is 1. The zero-order valence-electron chi connectivity index (χ0n) is 16.6. The summed E-state index contributed by atoms with van der Waals surface area (Å²) in [6.45, 7) is 9.80. The number of aryl methyl sites for hydroxylation is 3. The lowest BCUT2D eigenvalue weighted by molar-refractivity contribution is -0.133. The van der Waals surface area contributed by atoms with Crippen molar-refractivity contribution in [2.24, 2.45) is 0 Å². The van der Waals surface area contributed by atoms with Crippen molar-refractivity contribution >= 4 is 5.91 Å². The number of rotatable bonds is 3. The first-order valence-electron chi connectivity index (χ1n) is 9.83. The highest BCUT2D eigenvalue weighted by atomic mass is 16.2. The van der Waals surface area contributed by atoms with Crippen LogP contribution in [0.25, 0.3) is 5.95 Å². The molecule has 2 fully saturated rings. The third kappa shape index (κ3) is 3.36. The van der Waals surface area contributed by atoms with Crippen LogP contribution >= 0.6 is 0 Å². The van der Waals surface area contributed by atoms with E-state index in [0.29, 0.717) is 24.5 Å². The summed E-state index contributed by atoms with van der Waals surface area (Å²) in [6.07, 6.45) is 3.69. The molecule has 2 aliphatic rings. The highest BCUT2D eigenvalue weighted by Crippen LogP contribution is 2.29. The standard InChI is InChI=1S/C20H28N6O/c1-12-9-13(2)23-20(22-12)26-15(4)18(14(3)24-26)10-19(27)25-16-5-6-17(25)11-21-8-7-16/h9,16-17,21H,5-8,10-11H2,1-4H3. The Hall–Kier alpha value is -2.28. The van der Waals surface area contributed by atoms with E-state index in [1.807, 2.05) is 33.8 Å². The predicted molar refractivity (Wildman–Crippen MR) is 103 cm³/mol. The summed E-state index contributed by atoms with van der Waals surface area (Å²) in [6, 6.07) is 2.67. The van der Waals surface area contributed by atoms with E-state index in [0.717, 1.165) is 60.7 Å². The number of hydrogen-bond acceptors (Lipinski definition) is 5. The molecule has 0 spiro atoms. The number of fused-ring (bicyclic) bond motifs is 2. The van der Waals surface area contributed by atoms with Gasteiger partial charge in [-0.05, 0) is 59.6 Å². The van der Waals surface area contributed by atoms with Gasteiger partial charge in [-0.2, -0.15) is 5.10 Å². The molecule has 0 radical (unpaired) electrons. The van der Waals surface area contributed by atoms with E-state index >= 15 is 0 Å². The number of aromatic nitrogens is 4. The van der Waals surface area contributed by atoms with E-state index < -0.39 is 0 Å². The van der Waals surface area contributed by atoms with Crippen molar-refractivity contribution in [3.05, 3.63) is 34.4 Å². The smallest absolute Gasteiger partial charge is 0.251 e. The Morgan fingerprint density at radius 1 is 1.11 bits per heavy atom. The zero-order valence-corrected chi connectivity index (χ0v) is 16.6. The predicted octanol–water partition coefficient (Wildman–Crippen LogP) is 1.79. The van der Waals surface area contributed by atoms with Gasteiger partial charge in [0.25, 0.3) is 5.95 Å². The molecule has 144 valence electrons. The van der Waals surface area contributed by atoms with E-state index in [1.54, 1.807) is 4.68 Å². The Bertz CT molecular complexity index is 839. The molecule has 27 heavy (non-hydrogen) atoms. The molecule has 0 aliphatic carbocycles. The highest BCUT2D eigenvalue weighted by molar-refractivity contribution is 5.80. The van der Waals surface area contributed by atoms with Gasteiger partial charge in [0.1, 0.15) is 0 Å². The summed E-state index contributed by atoms with van der Waals surface area (Å²) in [5.41, 5.74) is 4.65. The van der Waals surface area contributed by atoms with Gasteiger partial charge in [-0.1, -0.05) is 0 Å². The van der Waals surface area contributed by atoms with Crippen LogP contribution < -0.4 is 5.32 Å². The molecule has 2 unspecified atom stereocenters. The molecule has 7 nitrogen and oxygen atoms in total. The van der Waals surface area contributed by atoms with Gasteiger partial charge >= 0.3 is 0 Å². The molecule has 0 saturated carbocycles. The van der Waals surface area contributed by atoms with Gasteiger partial charge in [0.15, 0.2) is 0 Å². The summed E-state index contributed by atoms with van der Waals surface area (Å²) >= 11 is 0. The third-order valence-electron chi connectivity index (χ3n) is 5.87. The van der Waals surface area contributed by atoms with E-state index in [-0.39, 0.29) is 5.91 Å². The molecule has 7 heteroatoms. The lowest BCUT2D eigenvalue weighted by atomic mass is 10.1. The topological polar surface area (TPSA) is 75.9 Å². The van der Waals surface area contributed by atoms with Gasteiger partial charge in [-0.25, -0.2) is 14.6 Å². The molecule has 2 aliphatic heterocycles. The fraction of sp³-hybridized carbons (Fsp3) is 0.600. The van der Waals surface area contributed by atoms with Gasteiger partial charge in [-0.3, -0.25) is 4.79 Å². The molecule has 4 rings (SSSR count). The molecular formula is C20H28N6O. The van der Waals surface area contributed by atoms with Crippen LogP contribution in [0.15, 0.2) is 6.07 Å². The molecule has 4 heterocycles. The monoisotopic (exact) mass is 368 g/mol. The molecule has 2 atom stereocenters. The normalized spacial score (nSPS) is 22.1. The minimum atomic E-state index is 0.221. The minimum Gasteiger partial charge on any atom is -0.335 e. The summed E-state index contributed by atoms with van der Waals surface area (Å²) in [7, 11) is 0. The second-order valence-corrected chi connectivity index (χ2v) is 7.87. The fourth-order valence-electron chi connectivity index (χ4n) is 4.56. The second-order valence-electron chi connectivity index (χ2n) is 7.87. The van der Waals surface area contributed by atoms with Gasteiger partial charge in [0.2, 0.25) is 5.91 Å². The average Bonchev–Trinajstić information content (AvgIpc) is 3.02. The second kappa shape index (κ2) is 7.03. The first-order chi connectivity index (χ1) is 12.9. The van der Waals surface area contributed by atoms with Crippen molar-refractivity contribution in [3.63, 3.8) is 0 Å². The number of nitrogens with one attached hydrogen (secondary N) is 1. The van der Waals surface area contributed by atoms with Crippen LogP contribution in [0.5, 0.6) is 0 Å². The van der Waals surface area contributed by atoms with Gasteiger partial charge < -0.3 is 10.2 Å². The number of carbonyl (C=O) groups is 1. The van der Waals surface area contributed by atoms with Crippen molar-refractivity contribution in [3.8, 4) is 5.95 Å². The third-order valence-corrected chi connectivity index (χ3v) is 5.87. The van der Waals surface area contributed by atoms with Crippen LogP contribution in [0.1, 0.15) is 47.6 Å². The van der Waals surface area contributed by atoms with Crippen LogP contribution in [-0.2, 0) is 11.2 Å². The summed E-state index contributed by atoms with van der Waals surface area (Å²) in [5, 5.41) is 8.10. The van der Waals surface area contributed by atoms with Crippen LogP contribution in [-0.4, -0.2) is 55.7 Å². The maximum absolute atomic E-state index is 13.2. The molecule has 1 N–H and O–H groups in total. The Balaban J connectivity index is 1.61. The zero-order chi connectivity index (χ0) is 19.1. The Kier molecular flexibility index (Phi) is 4.72. The molecular weight excluding hydrogens is 340 g/mol. The summed E-state index contributed by atoms with van der Waals surface area (Å²) < 4.78 is 1.77. The van der Waals surface area contributed by atoms with Gasteiger partial charge in [-0.15, -0.1) is 0 Å². The van der Waals surface area contributed by atoms with Crippen LogP contribution in [0.4, 0.5) is 0 Å². The van der Waals surface area contributed by atoms with Crippen molar-refractivity contribution < 1.29 is 4.79 Å². The minimum absolute atomic E-state index is 0.221. The highest BCUT2D eigenvalue weighted by Gasteiger charge is 2.38. The summed E-state index contributed by atoms with van der Waals surface area (Å²) in [4.78, 5) is 24.4. The number of nitrogens with zero attached hydrogens (tertiary/aromatic N) is 5. The number of carbonyl (C=O) groups excluding carboxylic acids is 1. The Morgan fingerprint density at radius 3 is 2.56 bits per heavy atom. The Morgan fingerprint density at radius 2 is 1.81 bits per heavy atom. The SMILES string of the molecule is Cc1cc(C)nc(-n2nc(C)c(CC(=O)N3C4CCNCC3CC4)c2C)n1. The first kappa shape index (κ1) is 18.1. The molecule has 2 aromatic heterocycles. The molecule has 0 aromatic carbocycles. The average molecular weight is 368 g/mol. The largest absolute Gasteiger partial charge is 0.335 e. The number of amides is 1. The van der Waals surface area contributed by atoms with Gasteiger partial charge in [0.05, 0.1) is 12.1 Å². The fourth-order valence-corrected chi connectivity index (χ4v) is 4.56. The van der Waals surface area contributed by atoms with E-state index in [4.69, 9.17) is 0 Å². The maximum Gasteiger partial charge on any atom is 0.251 e. The first-order valence-corrected chi connectivity index (χ1v) is 9.83. The molecule has 2 bridgehead atoms. The van der Waals surface area contributed by atoms with Crippen molar-refractivity contribution in [1.82, 2.24) is 30.0 Å². The van der Waals surface area contributed by atoms with Crippen molar-refractivity contribution in [2.75, 3.05) is 13.1 Å². The van der Waals surface area contributed by atoms with Crippen LogP contribution in [0.3, 0.4) is 0 Å². The van der Waals surface area contributed by atoms with E-state index in [9.17, 15) is 4.79 Å². The van der Waals surface area contributed by atoms with Crippen LogP contribution in [0.2, 0.25) is 0 Å². The quantitative estimate of drug-likeness (QED) is 0.894. The lowest BCUT2D eigenvalue weighted by Crippen LogP contribution is -2.43. The molecule has 2 aromatic rings. The summed E-state index contributed by atoms with van der Waals surface area (Å²) in [5.74, 6) is 0.795. The molecule has 2 saturated heterocycles. The lowest BCUT2D eigenvalue weighted by Gasteiger charge is -2.28. The van der Waals surface area contributed by atoms with Gasteiger partial charge in [0, 0.05) is 41.3 Å².